The van der Waals surface area contributed by atoms with Gasteiger partial charge in [0.1, 0.15) is 30.0 Å². The Hall–Kier alpha value is -1.75. The van der Waals surface area contributed by atoms with Crippen molar-refractivity contribution in [2.24, 2.45) is 0 Å². The highest BCUT2D eigenvalue weighted by Crippen LogP contribution is 2.35. The first-order valence-corrected chi connectivity index (χ1v) is 8.99. The van der Waals surface area contributed by atoms with Gasteiger partial charge in [0.15, 0.2) is 6.23 Å². The van der Waals surface area contributed by atoms with Crippen LogP contribution < -0.4 is 5.32 Å². The summed E-state index contributed by atoms with van der Waals surface area (Å²) in [7, 11) is 0. The zero-order valence-corrected chi connectivity index (χ0v) is 15.5. The van der Waals surface area contributed by atoms with Crippen molar-refractivity contribution in [2.45, 2.75) is 31.5 Å². The molecule has 4 atom stereocenters. The van der Waals surface area contributed by atoms with Gasteiger partial charge in [-0.3, -0.25) is 0 Å². The normalized spacial score (nSPS) is 26.2. The quantitative estimate of drug-likeness (QED) is 0.529. The van der Waals surface area contributed by atoms with E-state index in [1.807, 2.05) is 36.5 Å². The Morgan fingerprint density at radius 2 is 1.92 bits per heavy atom. The van der Waals surface area contributed by atoms with E-state index in [-0.39, 0.29) is 0 Å². The van der Waals surface area contributed by atoms with Gasteiger partial charge in [-0.25, -0.2) is 9.97 Å². The first-order chi connectivity index (χ1) is 12.1. The number of nitrogens with one attached hydrogen (secondary N) is 1. The van der Waals surface area contributed by atoms with Gasteiger partial charge >= 0.3 is 0 Å². The smallest absolute Gasteiger partial charge is 0.164 e. The molecule has 3 aromatic rings. The first-order valence-electron chi connectivity index (χ1n) is 7.91. The molecule has 7 nitrogen and oxygen atoms in total. The van der Waals surface area contributed by atoms with Crippen molar-refractivity contribution in [2.75, 3.05) is 5.32 Å². The number of para-hydroxylation sites is 1. The third-order valence-corrected chi connectivity index (χ3v) is 5.17. The van der Waals surface area contributed by atoms with E-state index in [9.17, 15) is 10.2 Å². The van der Waals surface area contributed by atoms with E-state index in [0.29, 0.717) is 11.5 Å². The lowest BCUT2D eigenvalue weighted by molar-refractivity contribution is -0.0297. The van der Waals surface area contributed by atoms with Gasteiger partial charge in [-0.1, -0.05) is 18.2 Å². The number of benzene rings is 1. The van der Waals surface area contributed by atoms with E-state index in [1.165, 1.54) is 6.33 Å². The molecule has 0 aliphatic carbocycles. The van der Waals surface area contributed by atoms with Gasteiger partial charge in [0, 0.05) is 15.5 Å². The fourth-order valence-electron chi connectivity index (χ4n) is 3.04. The number of hydrogen-bond donors (Lipinski definition) is 3. The van der Waals surface area contributed by atoms with E-state index < -0.39 is 24.5 Å². The van der Waals surface area contributed by atoms with E-state index in [0.717, 1.165) is 14.6 Å². The molecule has 1 aromatic carbocycles. The molecular weight excluding hydrogens is 435 g/mol. The molecule has 1 aliphatic rings. The van der Waals surface area contributed by atoms with Crippen molar-refractivity contribution in [1.82, 2.24) is 14.5 Å². The number of halogens is 1. The van der Waals surface area contributed by atoms with Crippen molar-refractivity contribution in [1.29, 1.82) is 0 Å². The van der Waals surface area contributed by atoms with Crippen molar-refractivity contribution in [3.05, 3.63) is 46.4 Å². The summed E-state index contributed by atoms with van der Waals surface area (Å²) in [6.07, 6.45) is 0.260. The van der Waals surface area contributed by atoms with E-state index in [2.05, 4.69) is 37.9 Å². The van der Waals surface area contributed by atoms with Gasteiger partial charge in [0.25, 0.3) is 0 Å². The molecule has 1 aliphatic heterocycles. The summed E-state index contributed by atoms with van der Waals surface area (Å²) in [5, 5.41) is 24.4. The fourth-order valence-corrected chi connectivity index (χ4v) is 3.84. The van der Waals surface area contributed by atoms with Crippen LogP contribution in [0.25, 0.3) is 11.0 Å². The van der Waals surface area contributed by atoms with Crippen molar-refractivity contribution in [3.8, 4) is 0 Å². The molecule has 3 N–H and O–H groups in total. The maximum absolute atomic E-state index is 10.3. The molecule has 2 aromatic heterocycles. The SMILES string of the molecule is C[C@H]1O[C@@H](n2cc(I)c3c(Nc4ccccc4)ncnc32)[C@H](O)[C@@H]1O. The molecular formula is C17H17IN4O3. The molecule has 130 valence electrons. The molecule has 25 heavy (non-hydrogen) atoms. The van der Waals surface area contributed by atoms with Crippen molar-refractivity contribution in [3.63, 3.8) is 0 Å². The number of hydrogen-bond acceptors (Lipinski definition) is 6. The first kappa shape index (κ1) is 16.7. The number of ether oxygens (including phenoxy) is 1. The Bertz CT molecular complexity index is 902. The van der Waals surface area contributed by atoms with Crippen LogP contribution in [0.5, 0.6) is 0 Å². The van der Waals surface area contributed by atoms with Gasteiger partial charge in [0.05, 0.1) is 11.5 Å². The number of aliphatic hydroxyl groups is 2. The molecule has 8 heteroatoms. The van der Waals surface area contributed by atoms with Crippen molar-refractivity contribution < 1.29 is 14.9 Å². The van der Waals surface area contributed by atoms with Crippen LogP contribution in [0, 0.1) is 3.57 Å². The lowest BCUT2D eigenvalue weighted by Gasteiger charge is -2.17. The summed E-state index contributed by atoms with van der Waals surface area (Å²) in [6.45, 7) is 1.74. The molecule has 0 radical (unpaired) electrons. The van der Waals surface area contributed by atoms with Crippen LogP contribution in [-0.2, 0) is 4.74 Å². The molecule has 3 heterocycles. The number of aliphatic hydroxyl groups excluding tert-OH is 2. The van der Waals surface area contributed by atoms with Crippen molar-refractivity contribution >= 4 is 45.1 Å². The molecule has 1 fully saturated rings. The predicted octanol–water partition coefficient (Wildman–Crippen LogP) is 2.42. The molecule has 0 bridgehead atoms. The van der Waals surface area contributed by atoms with Crippen LogP contribution in [0.1, 0.15) is 13.2 Å². The van der Waals surface area contributed by atoms with Gasteiger partial charge in [-0.15, -0.1) is 0 Å². The summed E-state index contributed by atoms with van der Waals surface area (Å²) >= 11 is 2.21. The Labute approximate surface area is 157 Å². The highest BCUT2D eigenvalue weighted by molar-refractivity contribution is 14.1. The third-order valence-electron chi connectivity index (χ3n) is 4.35. The second-order valence-corrected chi connectivity index (χ2v) is 7.17. The second kappa shape index (κ2) is 6.52. The van der Waals surface area contributed by atoms with Crippen LogP contribution in [0.4, 0.5) is 11.5 Å². The van der Waals surface area contributed by atoms with Crippen LogP contribution in [0.2, 0.25) is 0 Å². The molecule has 0 amide bonds. The van der Waals surface area contributed by atoms with Crippen LogP contribution in [-0.4, -0.2) is 43.1 Å². The Balaban J connectivity index is 1.78. The standard InChI is InChI=1S/C17H17IN4O3/c1-9-13(23)14(24)17(25-9)22-7-11(18)12-15(19-8-20-16(12)22)21-10-5-3-2-4-6-10/h2-9,13-14,17,23-24H,1H3,(H,19,20,21)/t9-,13-,14-,17-/m1/s1. The number of nitrogens with zero attached hydrogens (tertiary/aromatic N) is 3. The lowest BCUT2D eigenvalue weighted by atomic mass is 10.1. The molecule has 0 unspecified atom stereocenters. The maximum atomic E-state index is 10.3. The molecule has 4 rings (SSSR count). The van der Waals surface area contributed by atoms with E-state index in [1.54, 1.807) is 11.5 Å². The van der Waals surface area contributed by atoms with Crippen LogP contribution in [0.3, 0.4) is 0 Å². The highest BCUT2D eigenvalue weighted by Gasteiger charge is 2.42. The van der Waals surface area contributed by atoms with E-state index >= 15 is 0 Å². The number of fused-ring (bicyclic) bond motifs is 1. The zero-order chi connectivity index (χ0) is 17.6. The molecule has 0 spiro atoms. The van der Waals surface area contributed by atoms with Gasteiger partial charge in [-0.2, -0.15) is 0 Å². The minimum atomic E-state index is -1.01. The minimum absolute atomic E-state index is 0.445. The molecule has 0 saturated carbocycles. The average Bonchev–Trinajstić information content (AvgIpc) is 3.08. The summed E-state index contributed by atoms with van der Waals surface area (Å²) in [6, 6.07) is 9.76. The van der Waals surface area contributed by atoms with Crippen LogP contribution in [0.15, 0.2) is 42.9 Å². The second-order valence-electron chi connectivity index (χ2n) is 6.01. The summed E-state index contributed by atoms with van der Waals surface area (Å²) in [5.74, 6) is 0.681. The monoisotopic (exact) mass is 452 g/mol. The summed E-state index contributed by atoms with van der Waals surface area (Å²) < 4.78 is 8.41. The average molecular weight is 452 g/mol. The maximum Gasteiger partial charge on any atom is 0.164 e. The fraction of sp³-hybridized carbons (Fsp3) is 0.294. The van der Waals surface area contributed by atoms with Crippen LogP contribution >= 0.6 is 22.6 Å². The highest BCUT2D eigenvalue weighted by atomic mass is 127. The van der Waals surface area contributed by atoms with Gasteiger partial charge in [0.2, 0.25) is 0 Å². The Kier molecular flexibility index (Phi) is 4.36. The largest absolute Gasteiger partial charge is 0.388 e. The molecule has 1 saturated heterocycles. The Morgan fingerprint density at radius 3 is 2.60 bits per heavy atom. The number of rotatable bonds is 3. The predicted molar refractivity (Wildman–Crippen MR) is 102 cm³/mol. The lowest BCUT2D eigenvalue weighted by Crippen LogP contribution is -2.30. The minimum Gasteiger partial charge on any atom is -0.388 e. The van der Waals surface area contributed by atoms with E-state index in [4.69, 9.17) is 4.74 Å². The summed E-state index contributed by atoms with van der Waals surface area (Å²) in [5.41, 5.74) is 1.57. The van der Waals surface area contributed by atoms with Gasteiger partial charge in [-0.05, 0) is 41.6 Å². The number of aromatic nitrogens is 3. The Morgan fingerprint density at radius 1 is 1.16 bits per heavy atom. The van der Waals surface area contributed by atoms with Gasteiger partial charge < -0.3 is 24.8 Å². The number of anilines is 2. The summed E-state index contributed by atoms with van der Waals surface area (Å²) in [4.78, 5) is 8.73. The topological polar surface area (TPSA) is 92.4 Å². The zero-order valence-electron chi connectivity index (χ0n) is 13.4. The third kappa shape index (κ3) is 2.88.